The van der Waals surface area contributed by atoms with Crippen LogP contribution in [0.3, 0.4) is 0 Å². The minimum Gasteiger partial charge on any atom is -0.493 e. The van der Waals surface area contributed by atoms with Crippen molar-refractivity contribution in [3.05, 3.63) is 29.3 Å². The summed E-state index contributed by atoms with van der Waals surface area (Å²) in [5.41, 5.74) is -0.937. The first-order chi connectivity index (χ1) is 12.9. The summed E-state index contributed by atoms with van der Waals surface area (Å²) in [4.78, 5) is 38.5. The molecule has 142 valence electrons. The van der Waals surface area contributed by atoms with Crippen LogP contribution < -0.4 is 14.2 Å². The lowest BCUT2D eigenvalue weighted by atomic mass is 9.69. The fraction of sp³-hybridized carbons (Fsp3) is 0.421. The highest BCUT2D eigenvalue weighted by Crippen LogP contribution is 2.56. The molecule has 0 aromatic heterocycles. The predicted octanol–water partition coefficient (Wildman–Crippen LogP) is 1.26. The van der Waals surface area contributed by atoms with E-state index in [2.05, 4.69) is 0 Å². The van der Waals surface area contributed by atoms with Crippen LogP contribution in [0.25, 0.3) is 0 Å². The average Bonchev–Trinajstić information content (AvgIpc) is 2.88. The van der Waals surface area contributed by atoms with E-state index in [-0.39, 0.29) is 17.1 Å². The number of carbonyl (C=O) groups is 3. The lowest BCUT2D eigenvalue weighted by molar-refractivity contribution is -0.155. The van der Waals surface area contributed by atoms with Crippen LogP contribution >= 0.6 is 0 Å². The molecule has 2 unspecified atom stereocenters. The third-order valence-corrected chi connectivity index (χ3v) is 5.63. The zero-order chi connectivity index (χ0) is 19.5. The standard InChI is InChI=1S/C19H18O8/c1-23-10-7-9-8-5-6-19(26-4,13-11(8)17(21)27-18(13)22)16(20)12(9)15(25-3)14(10)24-2/h5-8,11,13H,1-4H3/t8-,11?,13?,19+/m1/s1. The molecule has 4 aliphatic rings. The summed E-state index contributed by atoms with van der Waals surface area (Å²) in [6.45, 7) is 0. The van der Waals surface area contributed by atoms with Gasteiger partial charge < -0.3 is 23.7 Å². The number of ether oxygens (including phenoxy) is 5. The molecule has 1 heterocycles. The molecule has 1 aromatic carbocycles. The molecule has 2 bridgehead atoms. The van der Waals surface area contributed by atoms with E-state index in [0.29, 0.717) is 11.3 Å². The second-order valence-corrected chi connectivity index (χ2v) is 6.56. The molecule has 0 amide bonds. The Morgan fingerprint density at radius 1 is 0.963 bits per heavy atom. The molecule has 1 fully saturated rings. The highest BCUT2D eigenvalue weighted by Gasteiger charge is 2.66. The summed E-state index contributed by atoms with van der Waals surface area (Å²) in [6.07, 6.45) is 3.25. The molecule has 8 nitrogen and oxygen atoms in total. The van der Waals surface area contributed by atoms with Gasteiger partial charge in [-0.3, -0.25) is 14.4 Å². The number of allylic oxidation sites excluding steroid dienone is 1. The molecule has 27 heavy (non-hydrogen) atoms. The molecule has 0 saturated carbocycles. The maximum atomic E-state index is 13.6. The summed E-state index contributed by atoms with van der Waals surface area (Å²) in [5.74, 6) is -3.65. The van der Waals surface area contributed by atoms with Crippen LogP contribution in [0, 0.1) is 11.8 Å². The molecular weight excluding hydrogens is 356 g/mol. The second-order valence-electron chi connectivity index (χ2n) is 6.56. The molecule has 3 aliphatic carbocycles. The zero-order valence-electron chi connectivity index (χ0n) is 15.2. The van der Waals surface area contributed by atoms with Crippen molar-refractivity contribution in [2.24, 2.45) is 11.8 Å². The maximum Gasteiger partial charge on any atom is 0.321 e. The maximum absolute atomic E-state index is 13.6. The van der Waals surface area contributed by atoms with E-state index in [1.54, 1.807) is 18.2 Å². The number of hydrogen-bond donors (Lipinski definition) is 0. The first-order valence-electron chi connectivity index (χ1n) is 8.32. The Morgan fingerprint density at radius 2 is 1.67 bits per heavy atom. The topological polar surface area (TPSA) is 97.4 Å². The number of ketones is 1. The van der Waals surface area contributed by atoms with E-state index in [1.807, 2.05) is 0 Å². The molecule has 0 radical (unpaired) electrons. The normalized spacial score (nSPS) is 30.5. The lowest BCUT2D eigenvalue weighted by Crippen LogP contribution is -2.51. The SMILES string of the molecule is COc1cc2c(c(OC)c1OC)C(=O)[C@]1(OC)C=C[C@H]2C2C(=O)OC(=O)C21. The number of benzene rings is 1. The van der Waals surface area contributed by atoms with Crippen LogP contribution in [-0.2, 0) is 19.1 Å². The number of methoxy groups -OCH3 is 4. The number of cyclic esters (lactones) is 2. The number of carbonyl (C=O) groups excluding carboxylic acids is 3. The Hall–Kier alpha value is -2.87. The van der Waals surface area contributed by atoms with E-state index in [0.717, 1.165) is 0 Å². The summed E-state index contributed by atoms with van der Waals surface area (Å²) in [7, 11) is 5.63. The van der Waals surface area contributed by atoms with Gasteiger partial charge in [0.2, 0.25) is 11.5 Å². The molecule has 0 N–H and O–H groups in total. The van der Waals surface area contributed by atoms with Crippen molar-refractivity contribution >= 4 is 17.7 Å². The quantitative estimate of drug-likeness (QED) is 0.441. The van der Waals surface area contributed by atoms with Crippen molar-refractivity contribution in [1.29, 1.82) is 0 Å². The van der Waals surface area contributed by atoms with E-state index >= 15 is 0 Å². The van der Waals surface area contributed by atoms with Crippen LogP contribution in [-0.4, -0.2) is 51.8 Å². The largest absolute Gasteiger partial charge is 0.493 e. The van der Waals surface area contributed by atoms with Gasteiger partial charge in [-0.25, -0.2) is 0 Å². The Bertz CT molecular complexity index is 901. The summed E-state index contributed by atoms with van der Waals surface area (Å²) in [6, 6.07) is 1.63. The molecule has 1 aromatic rings. The smallest absolute Gasteiger partial charge is 0.321 e. The predicted molar refractivity (Wildman–Crippen MR) is 90.1 cm³/mol. The first kappa shape index (κ1) is 17.5. The molecule has 0 spiro atoms. The number of Topliss-reactive ketones (excluding diaryl/α,β-unsaturated/α-hetero) is 1. The summed E-state index contributed by atoms with van der Waals surface area (Å²) in [5, 5.41) is 0. The highest BCUT2D eigenvalue weighted by atomic mass is 16.6. The van der Waals surface area contributed by atoms with Crippen LogP contribution in [0.4, 0.5) is 0 Å². The molecule has 4 atom stereocenters. The monoisotopic (exact) mass is 374 g/mol. The number of esters is 2. The lowest BCUT2D eigenvalue weighted by Gasteiger charge is -2.35. The molecular formula is C19H18O8. The van der Waals surface area contributed by atoms with Crippen LogP contribution in [0.1, 0.15) is 21.8 Å². The number of hydrogen-bond acceptors (Lipinski definition) is 8. The highest BCUT2D eigenvalue weighted by molar-refractivity contribution is 6.14. The van der Waals surface area contributed by atoms with Crippen molar-refractivity contribution in [3.8, 4) is 17.2 Å². The fourth-order valence-electron chi connectivity index (χ4n) is 4.45. The minimum absolute atomic E-state index is 0.174. The van der Waals surface area contributed by atoms with Gasteiger partial charge in [-0.05, 0) is 17.7 Å². The van der Waals surface area contributed by atoms with Gasteiger partial charge in [0.15, 0.2) is 17.1 Å². The Kier molecular flexibility index (Phi) is 3.78. The molecule has 1 saturated heterocycles. The van der Waals surface area contributed by atoms with Gasteiger partial charge in [0.1, 0.15) is 5.92 Å². The third-order valence-electron chi connectivity index (χ3n) is 5.63. The summed E-state index contributed by atoms with van der Waals surface area (Å²) < 4.78 is 26.7. The van der Waals surface area contributed by atoms with Crippen molar-refractivity contribution in [2.45, 2.75) is 11.5 Å². The minimum atomic E-state index is -1.65. The molecule has 8 heteroatoms. The van der Waals surface area contributed by atoms with Crippen molar-refractivity contribution in [3.63, 3.8) is 0 Å². The van der Waals surface area contributed by atoms with Gasteiger partial charge in [0, 0.05) is 13.0 Å². The van der Waals surface area contributed by atoms with Gasteiger partial charge >= 0.3 is 11.9 Å². The van der Waals surface area contributed by atoms with Gasteiger partial charge in [-0.1, -0.05) is 6.08 Å². The number of rotatable bonds is 4. The van der Waals surface area contributed by atoms with Crippen LogP contribution in [0.2, 0.25) is 0 Å². The summed E-state index contributed by atoms with van der Waals surface area (Å²) >= 11 is 0. The van der Waals surface area contributed by atoms with Gasteiger partial charge in [-0.2, -0.15) is 0 Å². The van der Waals surface area contributed by atoms with Crippen LogP contribution in [0.5, 0.6) is 17.2 Å². The van der Waals surface area contributed by atoms with Gasteiger partial charge in [0.05, 0.1) is 32.8 Å². The van der Waals surface area contributed by atoms with Gasteiger partial charge in [0.25, 0.3) is 0 Å². The Balaban J connectivity index is 2.09. The first-order valence-corrected chi connectivity index (χ1v) is 8.32. The van der Waals surface area contributed by atoms with Gasteiger partial charge in [-0.15, -0.1) is 0 Å². The Morgan fingerprint density at radius 3 is 2.26 bits per heavy atom. The zero-order valence-corrected chi connectivity index (χ0v) is 15.2. The van der Waals surface area contributed by atoms with E-state index < -0.39 is 41.1 Å². The molecule has 5 rings (SSSR count). The van der Waals surface area contributed by atoms with E-state index in [4.69, 9.17) is 23.7 Å². The fourth-order valence-corrected chi connectivity index (χ4v) is 4.45. The molecule has 1 aliphatic heterocycles. The average molecular weight is 374 g/mol. The van der Waals surface area contributed by atoms with Crippen molar-refractivity contribution < 1.29 is 38.1 Å². The third kappa shape index (κ3) is 1.98. The van der Waals surface area contributed by atoms with E-state index in [9.17, 15) is 14.4 Å². The van der Waals surface area contributed by atoms with Crippen molar-refractivity contribution in [2.75, 3.05) is 28.4 Å². The second kappa shape index (κ2) is 5.82. The Labute approximate surface area is 155 Å². The van der Waals surface area contributed by atoms with Crippen molar-refractivity contribution in [1.82, 2.24) is 0 Å². The van der Waals surface area contributed by atoms with E-state index in [1.165, 1.54) is 28.4 Å². The van der Waals surface area contributed by atoms with Crippen LogP contribution in [0.15, 0.2) is 18.2 Å².